The zero-order valence-corrected chi connectivity index (χ0v) is 23.4. The van der Waals surface area contributed by atoms with Crippen LogP contribution in [0.1, 0.15) is 31.4 Å². The number of methoxy groups -OCH3 is 1. The lowest BCUT2D eigenvalue weighted by molar-refractivity contribution is -0.139. The quantitative estimate of drug-likeness (QED) is 0.360. The Labute approximate surface area is 229 Å². The monoisotopic (exact) mass is 555 g/mol. The molecule has 0 saturated carbocycles. The molecule has 3 aromatic rings. The number of aryl methyl sites for hydroxylation is 1. The average molecular weight is 556 g/mol. The van der Waals surface area contributed by atoms with E-state index in [4.69, 9.17) is 4.74 Å². The highest BCUT2D eigenvalue weighted by Gasteiger charge is 2.32. The van der Waals surface area contributed by atoms with Crippen molar-refractivity contribution >= 4 is 27.5 Å². The van der Waals surface area contributed by atoms with Crippen LogP contribution in [0.25, 0.3) is 0 Å². The van der Waals surface area contributed by atoms with Gasteiger partial charge in [-0.25, -0.2) is 12.8 Å². The van der Waals surface area contributed by atoms with Gasteiger partial charge >= 0.3 is 0 Å². The van der Waals surface area contributed by atoms with Gasteiger partial charge in [-0.2, -0.15) is 0 Å². The molecule has 0 fully saturated rings. The Morgan fingerprint density at radius 2 is 1.59 bits per heavy atom. The number of amides is 2. The summed E-state index contributed by atoms with van der Waals surface area (Å²) in [5.74, 6) is -0.869. The molecule has 0 heterocycles. The highest BCUT2D eigenvalue weighted by atomic mass is 32.2. The first-order chi connectivity index (χ1) is 18.6. The topological polar surface area (TPSA) is 96.0 Å². The summed E-state index contributed by atoms with van der Waals surface area (Å²) in [5, 5.41) is 2.78. The van der Waals surface area contributed by atoms with Crippen LogP contribution in [0.15, 0.2) is 77.7 Å². The van der Waals surface area contributed by atoms with Crippen LogP contribution >= 0.6 is 0 Å². The highest BCUT2D eigenvalue weighted by Crippen LogP contribution is 2.27. The van der Waals surface area contributed by atoms with Crippen LogP contribution in [0.3, 0.4) is 0 Å². The van der Waals surface area contributed by atoms with E-state index in [0.717, 1.165) is 9.87 Å². The summed E-state index contributed by atoms with van der Waals surface area (Å²) in [4.78, 5) is 28.0. The number of halogens is 1. The number of ether oxygens (including phenoxy) is 1. The van der Waals surface area contributed by atoms with Gasteiger partial charge in [0.15, 0.2) is 0 Å². The van der Waals surface area contributed by atoms with Crippen LogP contribution in [0.5, 0.6) is 5.75 Å². The molecule has 0 saturated heterocycles. The Morgan fingerprint density at radius 3 is 2.15 bits per heavy atom. The normalized spacial score (nSPS) is 11.9. The first-order valence-corrected chi connectivity index (χ1v) is 14.1. The lowest BCUT2D eigenvalue weighted by Crippen LogP contribution is -2.51. The molecule has 0 aliphatic carbocycles. The molecule has 0 aliphatic rings. The number of nitrogens with zero attached hydrogens (tertiary/aromatic N) is 2. The maximum absolute atomic E-state index is 13.8. The number of sulfonamides is 1. The maximum atomic E-state index is 13.8. The number of carbonyl (C=O) groups is 2. The molecule has 208 valence electrons. The van der Waals surface area contributed by atoms with Crippen molar-refractivity contribution < 1.29 is 27.1 Å². The van der Waals surface area contributed by atoms with Gasteiger partial charge in [-0.15, -0.1) is 0 Å². The van der Waals surface area contributed by atoms with Crippen LogP contribution < -0.4 is 14.4 Å². The fraction of sp³-hybridized carbons (Fsp3) is 0.310. The van der Waals surface area contributed by atoms with Crippen molar-refractivity contribution in [3.8, 4) is 5.75 Å². The molecule has 3 rings (SSSR count). The van der Waals surface area contributed by atoms with Crippen LogP contribution in [0.4, 0.5) is 10.1 Å². The van der Waals surface area contributed by atoms with Gasteiger partial charge in [-0.1, -0.05) is 36.8 Å². The van der Waals surface area contributed by atoms with E-state index in [9.17, 15) is 22.4 Å². The third-order valence-electron chi connectivity index (χ3n) is 6.23. The SMILES string of the molecule is CCCNC(=O)[C@@H](C)N(Cc1ccc(F)cc1)C(=O)CN(c1ccc(OC)cc1)S(=O)(=O)c1ccc(C)cc1. The van der Waals surface area contributed by atoms with Crippen LogP contribution in [0, 0.1) is 12.7 Å². The molecular weight excluding hydrogens is 521 g/mol. The van der Waals surface area contributed by atoms with Crippen LogP contribution in [-0.4, -0.2) is 51.4 Å². The highest BCUT2D eigenvalue weighted by molar-refractivity contribution is 7.92. The van der Waals surface area contributed by atoms with E-state index in [1.165, 1.54) is 48.4 Å². The predicted molar refractivity (Wildman–Crippen MR) is 148 cm³/mol. The van der Waals surface area contributed by atoms with E-state index in [-0.39, 0.29) is 23.0 Å². The second-order valence-electron chi connectivity index (χ2n) is 9.14. The molecule has 0 bridgehead atoms. The zero-order valence-electron chi connectivity index (χ0n) is 22.6. The second kappa shape index (κ2) is 13.2. The fourth-order valence-electron chi connectivity index (χ4n) is 3.88. The van der Waals surface area contributed by atoms with Crippen LogP contribution in [0.2, 0.25) is 0 Å². The average Bonchev–Trinajstić information content (AvgIpc) is 2.94. The van der Waals surface area contributed by atoms with Crippen molar-refractivity contribution in [2.45, 2.75) is 44.7 Å². The molecule has 0 aliphatic heterocycles. The predicted octanol–water partition coefficient (Wildman–Crippen LogP) is 4.28. The number of hydrogen-bond acceptors (Lipinski definition) is 5. The maximum Gasteiger partial charge on any atom is 0.264 e. The van der Waals surface area contributed by atoms with Crippen molar-refractivity contribution in [3.05, 3.63) is 89.7 Å². The Bertz CT molecular complexity index is 1360. The van der Waals surface area contributed by atoms with Crippen molar-refractivity contribution in [1.82, 2.24) is 10.2 Å². The molecule has 39 heavy (non-hydrogen) atoms. The van der Waals surface area contributed by atoms with Gasteiger partial charge in [-0.05, 0) is 74.4 Å². The molecule has 0 aromatic heterocycles. The molecule has 0 radical (unpaired) electrons. The summed E-state index contributed by atoms with van der Waals surface area (Å²) in [6.45, 7) is 5.20. The van der Waals surface area contributed by atoms with Gasteiger partial charge in [0.05, 0.1) is 17.7 Å². The van der Waals surface area contributed by atoms with E-state index in [0.29, 0.717) is 24.3 Å². The molecule has 0 spiro atoms. The molecular formula is C29H34FN3O5S. The molecule has 2 amide bonds. The smallest absolute Gasteiger partial charge is 0.264 e. The first kappa shape index (κ1) is 29.6. The molecule has 8 nitrogen and oxygen atoms in total. The number of carbonyl (C=O) groups excluding carboxylic acids is 2. The van der Waals surface area contributed by atoms with Gasteiger partial charge in [0.25, 0.3) is 10.0 Å². The Balaban J connectivity index is 2.01. The van der Waals surface area contributed by atoms with E-state index < -0.39 is 34.3 Å². The van der Waals surface area contributed by atoms with Gasteiger partial charge in [0.2, 0.25) is 11.8 Å². The van der Waals surface area contributed by atoms with E-state index in [1.54, 1.807) is 43.3 Å². The lowest BCUT2D eigenvalue weighted by atomic mass is 10.1. The van der Waals surface area contributed by atoms with Crippen molar-refractivity contribution in [1.29, 1.82) is 0 Å². The third-order valence-corrected chi connectivity index (χ3v) is 8.02. The van der Waals surface area contributed by atoms with Crippen molar-refractivity contribution in [3.63, 3.8) is 0 Å². The number of nitrogens with one attached hydrogen (secondary N) is 1. The molecule has 1 N–H and O–H groups in total. The summed E-state index contributed by atoms with van der Waals surface area (Å²) in [6.07, 6.45) is 0.713. The number of hydrogen-bond donors (Lipinski definition) is 1. The molecule has 1 atom stereocenters. The Hall–Kier alpha value is -3.92. The van der Waals surface area contributed by atoms with Gasteiger partial charge < -0.3 is 15.0 Å². The minimum Gasteiger partial charge on any atom is -0.497 e. The summed E-state index contributed by atoms with van der Waals surface area (Å²) >= 11 is 0. The largest absolute Gasteiger partial charge is 0.497 e. The fourth-order valence-corrected chi connectivity index (χ4v) is 5.29. The zero-order chi connectivity index (χ0) is 28.6. The van der Waals surface area contributed by atoms with E-state index >= 15 is 0 Å². The summed E-state index contributed by atoms with van der Waals surface area (Å²) in [7, 11) is -2.67. The van der Waals surface area contributed by atoms with Crippen molar-refractivity contribution in [2.24, 2.45) is 0 Å². The van der Waals surface area contributed by atoms with Gasteiger partial charge in [-0.3, -0.25) is 13.9 Å². The first-order valence-electron chi connectivity index (χ1n) is 12.6. The number of rotatable bonds is 12. The summed E-state index contributed by atoms with van der Waals surface area (Å²) < 4.78 is 47.3. The van der Waals surface area contributed by atoms with Gasteiger partial charge in [0, 0.05) is 13.1 Å². The third kappa shape index (κ3) is 7.57. The Morgan fingerprint density at radius 1 is 0.974 bits per heavy atom. The van der Waals surface area contributed by atoms with E-state index in [1.807, 2.05) is 13.8 Å². The van der Waals surface area contributed by atoms with Crippen molar-refractivity contribution in [2.75, 3.05) is 24.5 Å². The second-order valence-corrected chi connectivity index (χ2v) is 11.0. The summed E-state index contributed by atoms with van der Waals surface area (Å²) in [6, 6.07) is 17.3. The lowest BCUT2D eigenvalue weighted by Gasteiger charge is -2.32. The number of benzene rings is 3. The minimum atomic E-state index is -4.16. The number of anilines is 1. The van der Waals surface area contributed by atoms with E-state index in [2.05, 4.69) is 5.32 Å². The summed E-state index contributed by atoms with van der Waals surface area (Å²) in [5.41, 5.74) is 1.74. The minimum absolute atomic E-state index is 0.0130. The van der Waals surface area contributed by atoms with Crippen LogP contribution in [-0.2, 0) is 26.2 Å². The Kier molecular flexibility index (Phi) is 10.1. The molecule has 10 heteroatoms. The van der Waals surface area contributed by atoms with Gasteiger partial charge in [0.1, 0.15) is 24.2 Å². The standard InChI is InChI=1S/C29H34FN3O5S/c1-5-18-31-29(35)22(3)32(19-23-8-10-24(30)11-9-23)28(34)20-33(25-12-14-26(38-4)15-13-25)39(36,37)27-16-6-21(2)7-17-27/h6-17,22H,5,18-20H2,1-4H3,(H,31,35)/t22-/m1/s1. The molecule has 3 aromatic carbocycles. The molecule has 0 unspecified atom stereocenters.